The minimum absolute atomic E-state index is 0.112. The Morgan fingerprint density at radius 2 is 1.89 bits per heavy atom. The van der Waals surface area contributed by atoms with Crippen LogP contribution in [0.2, 0.25) is 5.02 Å². The van der Waals surface area contributed by atoms with Crippen LogP contribution in [0, 0.1) is 12.3 Å². The van der Waals surface area contributed by atoms with Crippen LogP contribution in [0.5, 0.6) is 17.2 Å². The second kappa shape index (κ2) is 15.5. The Balaban J connectivity index is 1.28. The van der Waals surface area contributed by atoms with E-state index in [-0.39, 0.29) is 11.9 Å². The summed E-state index contributed by atoms with van der Waals surface area (Å²) in [5, 5.41) is 15.1. The largest absolute Gasteiger partial charge is 0.493 e. The van der Waals surface area contributed by atoms with Gasteiger partial charge in [0.2, 0.25) is 0 Å². The van der Waals surface area contributed by atoms with Crippen LogP contribution in [0.1, 0.15) is 74.8 Å². The lowest BCUT2D eigenvalue weighted by molar-refractivity contribution is 0.0123. The van der Waals surface area contributed by atoms with Gasteiger partial charge in [-0.1, -0.05) is 47.2 Å². The number of rotatable bonds is 15. The van der Waals surface area contributed by atoms with Crippen molar-refractivity contribution in [1.29, 1.82) is 5.41 Å². The van der Waals surface area contributed by atoms with Gasteiger partial charge in [0, 0.05) is 49.8 Å². The molecule has 5 rings (SSSR count). The molecule has 47 heavy (non-hydrogen) atoms. The molecule has 0 bridgehead atoms. The van der Waals surface area contributed by atoms with Crippen molar-refractivity contribution < 1.29 is 14.2 Å². The van der Waals surface area contributed by atoms with Crippen LogP contribution in [0.15, 0.2) is 58.9 Å². The number of ether oxygens (including phenoxy) is 3. The quantitative estimate of drug-likeness (QED) is 0.0425. The number of nitrogens with one attached hydrogen (secondary N) is 1. The Hall–Kier alpha value is -3.66. The first kappa shape index (κ1) is 34.7. The lowest BCUT2D eigenvalue weighted by Gasteiger charge is -2.48. The maximum Gasteiger partial charge on any atom is 0.146 e. The molecule has 0 saturated carbocycles. The summed E-state index contributed by atoms with van der Waals surface area (Å²) in [7, 11) is 1.98. The number of likely N-dealkylation sites (tertiary alicyclic amines) is 1. The van der Waals surface area contributed by atoms with Crippen molar-refractivity contribution in [2.45, 2.75) is 78.0 Å². The Bertz CT molecular complexity index is 1590. The average Bonchev–Trinajstić information content (AvgIpc) is 3.45. The molecule has 3 N–H and O–H groups in total. The number of amidine groups is 1. The van der Waals surface area contributed by atoms with Crippen LogP contribution in [-0.4, -0.2) is 61.1 Å². The van der Waals surface area contributed by atoms with Crippen LogP contribution < -0.4 is 20.1 Å². The summed E-state index contributed by atoms with van der Waals surface area (Å²) in [6.45, 7) is 13.5. The van der Waals surface area contributed by atoms with E-state index in [2.05, 4.69) is 77.3 Å². The number of nitrogens with zero attached hydrogens (tertiary/aromatic N) is 4. The van der Waals surface area contributed by atoms with Gasteiger partial charge >= 0.3 is 0 Å². The van der Waals surface area contributed by atoms with Gasteiger partial charge in [-0.05, 0) is 100 Å². The highest BCUT2D eigenvalue weighted by atomic mass is 35.5. The van der Waals surface area contributed by atoms with Crippen molar-refractivity contribution in [3.05, 3.63) is 75.8 Å². The normalized spacial score (nSPS) is 17.1. The van der Waals surface area contributed by atoms with Gasteiger partial charge < -0.3 is 25.0 Å². The molecular formula is C37H49ClN6O3. The summed E-state index contributed by atoms with van der Waals surface area (Å²) in [5.41, 5.74) is 7.40. The number of hydrogen-bond acceptors (Lipinski definition) is 7. The number of halogens is 1. The first-order chi connectivity index (χ1) is 22.6. The first-order valence-corrected chi connectivity index (χ1v) is 17.1. The highest BCUT2D eigenvalue weighted by Gasteiger charge is 2.35. The predicted molar refractivity (Wildman–Crippen MR) is 189 cm³/mol. The molecule has 0 spiro atoms. The summed E-state index contributed by atoms with van der Waals surface area (Å²) in [5.74, 6) is 7.51. The average molecular weight is 661 g/mol. The van der Waals surface area contributed by atoms with Crippen molar-refractivity contribution in [2.24, 2.45) is 16.2 Å². The third-order valence-electron chi connectivity index (χ3n) is 9.50. The van der Waals surface area contributed by atoms with Crippen LogP contribution in [0.25, 0.3) is 11.1 Å². The van der Waals surface area contributed by atoms with Gasteiger partial charge in [-0.2, -0.15) is 0 Å². The molecule has 1 atom stereocenters. The van der Waals surface area contributed by atoms with E-state index in [1.54, 1.807) is 0 Å². The molecule has 0 amide bonds. The highest BCUT2D eigenvalue weighted by Crippen LogP contribution is 2.44. The lowest BCUT2D eigenvalue weighted by atomic mass is 9.89. The molecular weight excluding hydrogens is 612 g/mol. The van der Waals surface area contributed by atoms with Gasteiger partial charge in [-0.3, -0.25) is 10.3 Å². The molecule has 1 saturated heterocycles. The van der Waals surface area contributed by atoms with E-state index >= 15 is 0 Å². The van der Waals surface area contributed by atoms with Gasteiger partial charge in [0.15, 0.2) is 0 Å². The van der Waals surface area contributed by atoms with E-state index in [0.717, 1.165) is 42.9 Å². The standard InChI is InChI=1S/C37H49ClN6O3/c1-6-45-34-23-35(31(38)22-26(34)24-43(5)19-16-36(39)41-42-40)47-33-15-14-29-28(11-7-12-30(29)33)27-10-8-13-32(25(27)2)46-21-9-18-44-20-17-37(44,3)4/h7-8,10-13,22-23,33H,6,9,14-21,24H2,1-5H3,(H3,39,40,41)/t33-/m0/s1. The van der Waals surface area contributed by atoms with Crippen molar-refractivity contribution in [3.8, 4) is 28.4 Å². The fraction of sp³-hybridized carbons (Fsp3) is 0.486. The third-order valence-corrected chi connectivity index (χ3v) is 9.80. The number of hydrogen-bond donors (Lipinski definition) is 2. The molecule has 0 unspecified atom stereocenters. The number of benzene rings is 3. The number of nitrogens with two attached hydrogens (primary N) is 1. The van der Waals surface area contributed by atoms with E-state index in [4.69, 9.17) is 37.1 Å². The Morgan fingerprint density at radius 3 is 2.62 bits per heavy atom. The Kier molecular flexibility index (Phi) is 11.4. The van der Waals surface area contributed by atoms with E-state index in [9.17, 15) is 0 Å². The summed E-state index contributed by atoms with van der Waals surface area (Å²) in [4.78, 5) is 4.62. The van der Waals surface area contributed by atoms with Gasteiger partial charge in [-0.15, -0.1) is 5.11 Å². The molecule has 252 valence electrons. The summed E-state index contributed by atoms with van der Waals surface area (Å²) in [6, 6.07) is 16.7. The zero-order chi connectivity index (χ0) is 33.6. The monoisotopic (exact) mass is 660 g/mol. The molecule has 1 fully saturated rings. The molecule has 9 nitrogen and oxygen atoms in total. The lowest BCUT2D eigenvalue weighted by Crippen LogP contribution is -2.55. The molecule has 1 heterocycles. The minimum Gasteiger partial charge on any atom is -0.493 e. The van der Waals surface area contributed by atoms with Gasteiger partial charge in [0.1, 0.15) is 29.2 Å². The predicted octanol–water partition coefficient (Wildman–Crippen LogP) is 8.16. The van der Waals surface area contributed by atoms with Crippen LogP contribution in [0.3, 0.4) is 0 Å². The molecule has 1 aliphatic carbocycles. The van der Waals surface area contributed by atoms with E-state index < -0.39 is 0 Å². The van der Waals surface area contributed by atoms with E-state index in [1.165, 1.54) is 40.8 Å². The van der Waals surface area contributed by atoms with Crippen molar-refractivity contribution >= 4 is 17.4 Å². The molecule has 3 aromatic carbocycles. The van der Waals surface area contributed by atoms with Crippen LogP contribution in [-0.2, 0) is 13.0 Å². The van der Waals surface area contributed by atoms with Gasteiger partial charge in [0.05, 0.1) is 18.2 Å². The molecule has 0 radical (unpaired) electrons. The summed E-state index contributed by atoms with van der Waals surface area (Å²) in [6.07, 6.45) is 4.40. The third kappa shape index (κ3) is 8.26. The molecule has 2 aliphatic rings. The second-order valence-corrected chi connectivity index (χ2v) is 13.6. The zero-order valence-corrected chi connectivity index (χ0v) is 29.2. The minimum atomic E-state index is -0.112. The van der Waals surface area contributed by atoms with Crippen molar-refractivity contribution in [2.75, 3.05) is 39.9 Å². The second-order valence-electron chi connectivity index (χ2n) is 13.2. The Morgan fingerprint density at radius 1 is 1.11 bits per heavy atom. The SMILES string of the molecule is CCOc1cc(O[C@H]2CCc3c(-c4cccc(OCCCN5CCC5(C)C)c4C)cccc32)c(Cl)cc1CN(C)CCC(=N)N=NN. The van der Waals surface area contributed by atoms with Crippen molar-refractivity contribution in [3.63, 3.8) is 0 Å². The molecule has 0 aromatic heterocycles. The summed E-state index contributed by atoms with van der Waals surface area (Å²) >= 11 is 6.83. The van der Waals surface area contributed by atoms with Gasteiger partial charge in [-0.25, -0.2) is 0 Å². The van der Waals surface area contributed by atoms with E-state index in [1.807, 2.05) is 26.1 Å². The number of fused-ring (bicyclic) bond motifs is 1. The molecule has 10 heteroatoms. The smallest absolute Gasteiger partial charge is 0.146 e. The van der Waals surface area contributed by atoms with Crippen molar-refractivity contribution in [1.82, 2.24) is 9.80 Å². The van der Waals surface area contributed by atoms with Crippen LogP contribution in [0.4, 0.5) is 0 Å². The first-order valence-electron chi connectivity index (χ1n) is 16.7. The molecule has 1 aliphatic heterocycles. The van der Waals surface area contributed by atoms with E-state index in [0.29, 0.717) is 49.0 Å². The fourth-order valence-electron chi connectivity index (χ4n) is 6.64. The Labute approximate surface area is 284 Å². The van der Waals surface area contributed by atoms with Gasteiger partial charge in [0.25, 0.3) is 0 Å². The highest BCUT2D eigenvalue weighted by molar-refractivity contribution is 6.32. The maximum absolute atomic E-state index is 7.80. The summed E-state index contributed by atoms with van der Waals surface area (Å²) < 4.78 is 19.0. The topological polar surface area (TPSA) is 109 Å². The maximum atomic E-state index is 7.80. The fourth-order valence-corrected chi connectivity index (χ4v) is 6.87. The van der Waals surface area contributed by atoms with Crippen LogP contribution >= 0.6 is 11.6 Å². The zero-order valence-electron chi connectivity index (χ0n) is 28.4. The molecule has 3 aromatic rings.